The van der Waals surface area contributed by atoms with Crippen LogP contribution in [0.3, 0.4) is 0 Å². The molecule has 7 nitrogen and oxygen atoms in total. The average molecular weight is 294 g/mol. The number of rotatable bonds is 6. The SMILES string of the molecule is CCC1(C(=O)N[C@@H](Cc2cnc[nH]2)C(=O)O)CCCNC1. The number of carbonyl (C=O) groups excluding carboxylic acids is 1. The van der Waals surface area contributed by atoms with Crippen LogP contribution in [0.1, 0.15) is 31.9 Å². The van der Waals surface area contributed by atoms with Gasteiger partial charge in [0.2, 0.25) is 5.91 Å². The maximum atomic E-state index is 12.6. The number of piperidine rings is 1. The number of hydrogen-bond donors (Lipinski definition) is 4. The van der Waals surface area contributed by atoms with E-state index < -0.39 is 17.4 Å². The summed E-state index contributed by atoms with van der Waals surface area (Å²) in [7, 11) is 0. The van der Waals surface area contributed by atoms with Crippen LogP contribution < -0.4 is 10.6 Å². The Morgan fingerprint density at radius 3 is 2.90 bits per heavy atom. The largest absolute Gasteiger partial charge is 0.480 e. The molecule has 7 heteroatoms. The Morgan fingerprint density at radius 2 is 2.38 bits per heavy atom. The van der Waals surface area contributed by atoms with Gasteiger partial charge in [-0.2, -0.15) is 0 Å². The highest BCUT2D eigenvalue weighted by atomic mass is 16.4. The number of H-pyrrole nitrogens is 1. The number of hydrogen-bond acceptors (Lipinski definition) is 4. The van der Waals surface area contributed by atoms with Crippen molar-refractivity contribution in [1.29, 1.82) is 0 Å². The van der Waals surface area contributed by atoms with Gasteiger partial charge in [0.05, 0.1) is 11.7 Å². The first kappa shape index (κ1) is 15.5. The minimum atomic E-state index is -1.03. The van der Waals surface area contributed by atoms with Crippen LogP contribution in [0.15, 0.2) is 12.5 Å². The number of aromatic amines is 1. The van der Waals surface area contributed by atoms with Crippen LogP contribution in [0.2, 0.25) is 0 Å². The Kier molecular flexibility index (Phi) is 4.95. The smallest absolute Gasteiger partial charge is 0.326 e. The number of aliphatic carboxylic acids is 1. The third-order valence-corrected chi connectivity index (χ3v) is 4.21. The summed E-state index contributed by atoms with van der Waals surface area (Å²) in [5, 5.41) is 15.2. The molecule has 2 rings (SSSR count). The summed E-state index contributed by atoms with van der Waals surface area (Å²) in [4.78, 5) is 30.6. The minimum absolute atomic E-state index is 0.177. The molecule has 1 aromatic heterocycles. The van der Waals surface area contributed by atoms with Gasteiger partial charge in [-0.05, 0) is 25.8 Å². The lowest BCUT2D eigenvalue weighted by atomic mass is 9.77. The number of nitrogens with one attached hydrogen (secondary N) is 3. The molecule has 21 heavy (non-hydrogen) atoms. The lowest BCUT2D eigenvalue weighted by molar-refractivity contribution is -0.144. The fraction of sp³-hybridized carbons (Fsp3) is 0.643. The predicted molar refractivity (Wildman–Crippen MR) is 76.7 cm³/mol. The van der Waals surface area contributed by atoms with E-state index in [9.17, 15) is 14.7 Å². The molecule has 0 bridgehead atoms. The maximum Gasteiger partial charge on any atom is 0.326 e. The molecule has 1 aromatic rings. The van der Waals surface area contributed by atoms with Gasteiger partial charge in [0, 0.05) is 24.9 Å². The highest BCUT2D eigenvalue weighted by Crippen LogP contribution is 2.30. The topological polar surface area (TPSA) is 107 Å². The lowest BCUT2D eigenvalue weighted by Crippen LogP contribution is -2.54. The Hall–Kier alpha value is -1.89. The molecule has 116 valence electrons. The Morgan fingerprint density at radius 1 is 1.57 bits per heavy atom. The standard InChI is InChI=1S/C14H22N4O3/c1-2-14(4-3-5-15-8-14)13(21)18-11(12(19)20)6-10-7-16-9-17-10/h7,9,11,15H,2-6,8H2,1H3,(H,16,17)(H,18,21)(H,19,20)/t11-,14?/m0/s1. The zero-order valence-corrected chi connectivity index (χ0v) is 12.2. The van der Waals surface area contributed by atoms with Crippen LogP contribution in [0.25, 0.3) is 0 Å². The summed E-state index contributed by atoms with van der Waals surface area (Å²) in [6.07, 6.45) is 5.68. The van der Waals surface area contributed by atoms with Crippen molar-refractivity contribution in [2.45, 2.75) is 38.6 Å². The molecule has 0 radical (unpaired) electrons. The van der Waals surface area contributed by atoms with Crippen LogP contribution in [0, 0.1) is 5.41 Å². The van der Waals surface area contributed by atoms with Crippen molar-refractivity contribution in [2.24, 2.45) is 5.41 Å². The van der Waals surface area contributed by atoms with E-state index in [2.05, 4.69) is 20.6 Å². The summed E-state index contributed by atoms with van der Waals surface area (Å²) in [5.41, 5.74) is 0.190. The molecular weight excluding hydrogens is 272 g/mol. The fourth-order valence-electron chi connectivity index (χ4n) is 2.75. The van der Waals surface area contributed by atoms with Crippen LogP contribution in [0.4, 0.5) is 0 Å². The molecule has 0 spiro atoms. The first-order valence-electron chi connectivity index (χ1n) is 7.29. The summed E-state index contributed by atoms with van der Waals surface area (Å²) < 4.78 is 0. The maximum absolute atomic E-state index is 12.6. The predicted octanol–water partition coefficient (Wildman–Crippen LogP) is 0.301. The van der Waals surface area contributed by atoms with Gasteiger partial charge in [0.1, 0.15) is 6.04 Å². The molecule has 0 aromatic carbocycles. The summed E-state index contributed by atoms with van der Waals surface area (Å²) in [6, 6.07) is -0.941. The molecule has 2 atom stereocenters. The molecule has 4 N–H and O–H groups in total. The van der Waals surface area contributed by atoms with Crippen molar-refractivity contribution >= 4 is 11.9 Å². The number of aromatic nitrogens is 2. The van der Waals surface area contributed by atoms with Gasteiger partial charge in [0.15, 0.2) is 0 Å². The molecule has 1 saturated heterocycles. The number of amides is 1. The molecule has 2 heterocycles. The number of carboxylic acids is 1. The fourth-order valence-corrected chi connectivity index (χ4v) is 2.75. The van der Waals surface area contributed by atoms with Crippen LogP contribution in [-0.2, 0) is 16.0 Å². The van der Waals surface area contributed by atoms with Gasteiger partial charge in [0.25, 0.3) is 0 Å². The lowest BCUT2D eigenvalue weighted by Gasteiger charge is -2.36. The molecular formula is C14H22N4O3. The Balaban J connectivity index is 2.05. The van der Waals surface area contributed by atoms with E-state index in [1.165, 1.54) is 6.33 Å². The Bertz CT molecular complexity index is 480. The molecule has 0 saturated carbocycles. The second-order valence-corrected chi connectivity index (χ2v) is 5.56. The van der Waals surface area contributed by atoms with Crippen LogP contribution in [0.5, 0.6) is 0 Å². The van der Waals surface area contributed by atoms with Gasteiger partial charge in [-0.3, -0.25) is 4.79 Å². The summed E-state index contributed by atoms with van der Waals surface area (Å²) in [6.45, 7) is 3.48. The molecule has 1 aliphatic rings. The van der Waals surface area contributed by atoms with Gasteiger partial charge in [-0.15, -0.1) is 0 Å². The third kappa shape index (κ3) is 3.60. The van der Waals surface area contributed by atoms with E-state index in [0.29, 0.717) is 18.7 Å². The molecule has 1 fully saturated rings. The first-order chi connectivity index (χ1) is 10.1. The van der Waals surface area contributed by atoms with Gasteiger partial charge < -0.3 is 20.7 Å². The molecule has 1 aliphatic heterocycles. The molecule has 1 unspecified atom stereocenters. The quantitative estimate of drug-likeness (QED) is 0.604. The van der Waals surface area contributed by atoms with Crippen molar-refractivity contribution in [3.63, 3.8) is 0 Å². The number of carboxylic acid groups (broad SMARTS) is 1. The Labute approximate surface area is 123 Å². The third-order valence-electron chi connectivity index (χ3n) is 4.21. The first-order valence-corrected chi connectivity index (χ1v) is 7.29. The molecule has 1 amide bonds. The molecule has 0 aliphatic carbocycles. The zero-order chi connectivity index (χ0) is 15.3. The number of imidazole rings is 1. The van der Waals surface area contributed by atoms with Gasteiger partial charge >= 0.3 is 5.97 Å². The second kappa shape index (κ2) is 6.71. The van der Waals surface area contributed by atoms with Crippen molar-refractivity contribution in [3.05, 3.63) is 18.2 Å². The number of carbonyl (C=O) groups is 2. The van der Waals surface area contributed by atoms with Crippen molar-refractivity contribution in [3.8, 4) is 0 Å². The highest BCUT2D eigenvalue weighted by molar-refractivity contribution is 5.87. The van der Waals surface area contributed by atoms with E-state index in [1.54, 1.807) is 6.20 Å². The average Bonchev–Trinajstić information content (AvgIpc) is 3.00. The van der Waals surface area contributed by atoms with E-state index in [-0.39, 0.29) is 12.3 Å². The summed E-state index contributed by atoms with van der Waals surface area (Å²) >= 11 is 0. The zero-order valence-electron chi connectivity index (χ0n) is 12.2. The monoisotopic (exact) mass is 294 g/mol. The van der Waals surface area contributed by atoms with E-state index in [4.69, 9.17) is 0 Å². The van der Waals surface area contributed by atoms with Crippen LogP contribution >= 0.6 is 0 Å². The van der Waals surface area contributed by atoms with Crippen LogP contribution in [-0.4, -0.2) is 46.1 Å². The second-order valence-electron chi connectivity index (χ2n) is 5.56. The minimum Gasteiger partial charge on any atom is -0.480 e. The normalized spacial score (nSPS) is 23.5. The van der Waals surface area contributed by atoms with E-state index in [0.717, 1.165) is 19.4 Å². The van der Waals surface area contributed by atoms with E-state index >= 15 is 0 Å². The van der Waals surface area contributed by atoms with E-state index in [1.807, 2.05) is 6.92 Å². The van der Waals surface area contributed by atoms with Crippen molar-refractivity contribution < 1.29 is 14.7 Å². The number of nitrogens with zero attached hydrogens (tertiary/aromatic N) is 1. The highest BCUT2D eigenvalue weighted by Gasteiger charge is 2.39. The van der Waals surface area contributed by atoms with Crippen molar-refractivity contribution in [1.82, 2.24) is 20.6 Å². The van der Waals surface area contributed by atoms with Gasteiger partial charge in [-0.25, -0.2) is 9.78 Å². The summed E-state index contributed by atoms with van der Waals surface area (Å²) in [5.74, 6) is -1.21. The van der Waals surface area contributed by atoms with Gasteiger partial charge in [-0.1, -0.05) is 6.92 Å². The van der Waals surface area contributed by atoms with Crippen molar-refractivity contribution in [2.75, 3.05) is 13.1 Å².